The van der Waals surface area contributed by atoms with Gasteiger partial charge in [0.1, 0.15) is 5.82 Å². The van der Waals surface area contributed by atoms with Crippen molar-refractivity contribution >= 4 is 28.8 Å². The first-order chi connectivity index (χ1) is 10.0. The maximum Gasteiger partial charge on any atom is 0.152 e. The van der Waals surface area contributed by atoms with Gasteiger partial charge in [-0.15, -0.1) is 0 Å². The number of aldehydes is 1. The van der Waals surface area contributed by atoms with E-state index in [0.29, 0.717) is 22.2 Å². The average molecular weight is 302 g/mol. The van der Waals surface area contributed by atoms with E-state index in [1.165, 1.54) is 6.07 Å². The summed E-state index contributed by atoms with van der Waals surface area (Å²) in [6, 6.07) is 8.80. The third-order valence-electron chi connectivity index (χ3n) is 3.64. The molecule has 21 heavy (non-hydrogen) atoms. The zero-order valence-electron chi connectivity index (χ0n) is 11.6. The van der Waals surface area contributed by atoms with Gasteiger partial charge in [-0.05, 0) is 37.6 Å². The van der Waals surface area contributed by atoms with Crippen LogP contribution in [0.1, 0.15) is 21.5 Å². The Bertz CT molecular complexity index is 867. The third-order valence-corrected chi connectivity index (χ3v) is 3.86. The largest absolute Gasteiger partial charge is 0.352 e. The van der Waals surface area contributed by atoms with Crippen LogP contribution in [0.25, 0.3) is 22.2 Å². The zero-order valence-corrected chi connectivity index (χ0v) is 12.4. The van der Waals surface area contributed by atoms with Gasteiger partial charge in [0.25, 0.3) is 0 Å². The second-order valence-corrected chi connectivity index (χ2v) is 5.60. The molecule has 0 aliphatic carbocycles. The van der Waals surface area contributed by atoms with Crippen LogP contribution in [0.4, 0.5) is 4.39 Å². The fourth-order valence-corrected chi connectivity index (χ4v) is 2.78. The number of benzene rings is 2. The molecule has 0 amide bonds. The Morgan fingerprint density at radius 3 is 2.67 bits per heavy atom. The molecule has 0 fully saturated rings. The van der Waals surface area contributed by atoms with Gasteiger partial charge in [0.2, 0.25) is 0 Å². The van der Waals surface area contributed by atoms with Gasteiger partial charge in [-0.3, -0.25) is 4.79 Å². The molecule has 0 radical (unpaired) electrons. The van der Waals surface area contributed by atoms with E-state index in [1.54, 1.807) is 6.07 Å². The van der Waals surface area contributed by atoms with Gasteiger partial charge in [-0.1, -0.05) is 29.3 Å². The van der Waals surface area contributed by atoms with Crippen molar-refractivity contribution in [2.24, 2.45) is 0 Å². The Balaban J connectivity index is 2.40. The summed E-state index contributed by atoms with van der Waals surface area (Å²) < 4.78 is 14.0. The number of aryl methyl sites for hydroxylation is 2. The Hall–Kier alpha value is -2.13. The molecule has 1 aromatic heterocycles. The molecule has 0 bridgehead atoms. The summed E-state index contributed by atoms with van der Waals surface area (Å²) in [4.78, 5) is 14.5. The van der Waals surface area contributed by atoms with E-state index in [1.807, 2.05) is 32.0 Å². The van der Waals surface area contributed by atoms with Crippen molar-refractivity contribution in [2.45, 2.75) is 13.8 Å². The highest BCUT2D eigenvalue weighted by Gasteiger charge is 2.17. The van der Waals surface area contributed by atoms with Crippen molar-refractivity contribution in [3.05, 3.63) is 57.9 Å². The lowest BCUT2D eigenvalue weighted by Gasteiger charge is -2.06. The molecule has 3 rings (SSSR count). The SMILES string of the molecule is Cc1ccc(C)c(-c2[nH]c3c(F)cc(Cl)cc3c2C=O)c1. The summed E-state index contributed by atoms with van der Waals surface area (Å²) in [5, 5.41) is 0.778. The summed E-state index contributed by atoms with van der Waals surface area (Å²) in [7, 11) is 0. The van der Waals surface area contributed by atoms with Gasteiger partial charge >= 0.3 is 0 Å². The number of carbonyl (C=O) groups excluding carboxylic acids is 1. The molecule has 0 atom stereocenters. The second-order valence-electron chi connectivity index (χ2n) is 5.16. The maximum atomic E-state index is 14.0. The topological polar surface area (TPSA) is 32.9 Å². The Kier molecular flexibility index (Phi) is 3.30. The smallest absolute Gasteiger partial charge is 0.152 e. The molecule has 0 unspecified atom stereocenters. The maximum absolute atomic E-state index is 14.0. The van der Waals surface area contributed by atoms with Crippen molar-refractivity contribution in [1.82, 2.24) is 4.98 Å². The lowest BCUT2D eigenvalue weighted by molar-refractivity contribution is 0.112. The van der Waals surface area contributed by atoms with Gasteiger partial charge in [0.05, 0.1) is 11.2 Å². The number of nitrogens with one attached hydrogen (secondary N) is 1. The van der Waals surface area contributed by atoms with Gasteiger partial charge in [-0.2, -0.15) is 0 Å². The number of hydrogen-bond donors (Lipinski definition) is 1. The van der Waals surface area contributed by atoms with E-state index in [2.05, 4.69) is 4.98 Å². The molecule has 3 aromatic rings. The number of aromatic nitrogens is 1. The summed E-state index contributed by atoms with van der Waals surface area (Å²) in [5.41, 5.74) is 4.34. The van der Waals surface area contributed by atoms with Gasteiger partial charge in [0, 0.05) is 21.5 Å². The summed E-state index contributed by atoms with van der Waals surface area (Å²) in [6.45, 7) is 3.93. The van der Waals surface area contributed by atoms with Crippen molar-refractivity contribution in [2.75, 3.05) is 0 Å². The third kappa shape index (κ3) is 2.24. The summed E-state index contributed by atoms with van der Waals surface area (Å²) in [5.74, 6) is -0.461. The number of halogens is 2. The van der Waals surface area contributed by atoms with Gasteiger partial charge < -0.3 is 4.98 Å². The van der Waals surface area contributed by atoms with Gasteiger partial charge in [-0.25, -0.2) is 4.39 Å². The normalized spacial score (nSPS) is 11.0. The molecule has 1 heterocycles. The number of hydrogen-bond acceptors (Lipinski definition) is 1. The predicted molar refractivity (Wildman–Crippen MR) is 83.6 cm³/mol. The van der Waals surface area contributed by atoms with Crippen LogP contribution in [-0.2, 0) is 0 Å². The monoisotopic (exact) mass is 301 g/mol. The van der Waals surface area contributed by atoms with Crippen LogP contribution in [0.3, 0.4) is 0 Å². The number of rotatable bonds is 2. The van der Waals surface area contributed by atoms with Crippen LogP contribution in [0.2, 0.25) is 5.02 Å². The number of H-pyrrole nitrogens is 1. The predicted octanol–water partition coefficient (Wildman–Crippen LogP) is 5.06. The van der Waals surface area contributed by atoms with Crippen LogP contribution in [0.5, 0.6) is 0 Å². The lowest BCUT2D eigenvalue weighted by atomic mass is 10.00. The molecule has 0 aliphatic rings. The van der Waals surface area contributed by atoms with Crippen LogP contribution in [0.15, 0.2) is 30.3 Å². The van der Waals surface area contributed by atoms with E-state index >= 15 is 0 Å². The van der Waals surface area contributed by atoms with E-state index in [-0.39, 0.29) is 5.02 Å². The first-order valence-corrected chi connectivity index (χ1v) is 6.92. The standard InChI is InChI=1S/C17H13ClFNO/c1-9-3-4-10(2)12(5-9)16-14(8-21)13-6-11(18)7-15(19)17(13)20-16/h3-8,20H,1-2H3. The molecule has 106 valence electrons. The number of fused-ring (bicyclic) bond motifs is 1. The molecule has 2 nitrogen and oxygen atoms in total. The van der Waals surface area contributed by atoms with Crippen molar-refractivity contribution in [1.29, 1.82) is 0 Å². The molecular formula is C17H13ClFNO. The first-order valence-electron chi connectivity index (χ1n) is 6.55. The molecule has 0 spiro atoms. The average Bonchev–Trinajstić information content (AvgIpc) is 2.80. The molecule has 2 aromatic carbocycles. The minimum atomic E-state index is -0.461. The van der Waals surface area contributed by atoms with Crippen LogP contribution >= 0.6 is 11.6 Å². The van der Waals surface area contributed by atoms with Crippen molar-refractivity contribution in [3.63, 3.8) is 0 Å². The minimum Gasteiger partial charge on any atom is -0.352 e. The van der Waals surface area contributed by atoms with Gasteiger partial charge in [0.15, 0.2) is 6.29 Å². The summed E-state index contributed by atoms with van der Waals surface area (Å²) >= 11 is 5.89. The van der Waals surface area contributed by atoms with Crippen LogP contribution in [-0.4, -0.2) is 11.3 Å². The molecule has 0 saturated carbocycles. The van der Waals surface area contributed by atoms with Crippen LogP contribution in [0, 0.1) is 19.7 Å². The fraction of sp³-hybridized carbons (Fsp3) is 0.118. The highest BCUT2D eigenvalue weighted by molar-refractivity contribution is 6.31. The molecule has 4 heteroatoms. The molecule has 0 aliphatic heterocycles. The minimum absolute atomic E-state index is 0.273. The highest BCUT2D eigenvalue weighted by Crippen LogP contribution is 2.34. The Labute approximate surface area is 126 Å². The second kappa shape index (κ2) is 5.01. The molecule has 1 N–H and O–H groups in total. The number of carbonyl (C=O) groups is 1. The highest BCUT2D eigenvalue weighted by atomic mass is 35.5. The fourth-order valence-electron chi connectivity index (χ4n) is 2.58. The van der Waals surface area contributed by atoms with E-state index < -0.39 is 5.82 Å². The van der Waals surface area contributed by atoms with E-state index in [0.717, 1.165) is 23.0 Å². The lowest BCUT2D eigenvalue weighted by Crippen LogP contribution is -1.89. The first kappa shape index (κ1) is 13.8. The zero-order chi connectivity index (χ0) is 15.1. The molecular weight excluding hydrogens is 289 g/mol. The Morgan fingerprint density at radius 1 is 1.19 bits per heavy atom. The quantitative estimate of drug-likeness (QED) is 0.660. The Morgan fingerprint density at radius 2 is 1.95 bits per heavy atom. The van der Waals surface area contributed by atoms with E-state index in [4.69, 9.17) is 11.6 Å². The summed E-state index contributed by atoms with van der Waals surface area (Å²) in [6.07, 6.45) is 0.742. The van der Waals surface area contributed by atoms with Crippen LogP contribution < -0.4 is 0 Å². The molecule has 0 saturated heterocycles. The van der Waals surface area contributed by atoms with E-state index in [9.17, 15) is 9.18 Å². The van der Waals surface area contributed by atoms with Crippen molar-refractivity contribution < 1.29 is 9.18 Å². The number of aromatic amines is 1. The van der Waals surface area contributed by atoms with Crippen molar-refractivity contribution in [3.8, 4) is 11.3 Å².